The third-order valence-electron chi connectivity index (χ3n) is 3.94. The van der Waals surface area contributed by atoms with E-state index in [1.165, 1.54) is 40.6 Å². The van der Waals surface area contributed by atoms with E-state index in [0.717, 1.165) is 5.56 Å². The Bertz CT molecular complexity index is 1190. The smallest absolute Gasteiger partial charge is 0.270 e. The lowest BCUT2D eigenvalue weighted by Gasteiger charge is -2.04. The minimum Gasteiger partial charge on any atom is -0.304 e. The first kappa shape index (κ1) is 17.0. The number of benzene rings is 1. The maximum atomic E-state index is 13.0. The van der Waals surface area contributed by atoms with E-state index in [-0.39, 0.29) is 23.8 Å². The van der Waals surface area contributed by atoms with Crippen LogP contribution in [0.25, 0.3) is 22.6 Å². The normalized spacial score (nSPS) is 11.0. The number of carbonyl (C=O) groups is 1. The molecule has 0 atom stereocenters. The number of anilines is 1. The van der Waals surface area contributed by atoms with Gasteiger partial charge in [0.25, 0.3) is 5.56 Å². The van der Waals surface area contributed by atoms with E-state index in [0.29, 0.717) is 22.1 Å². The van der Waals surface area contributed by atoms with Crippen molar-refractivity contribution in [2.75, 3.05) is 5.32 Å². The molecule has 0 saturated carbocycles. The van der Waals surface area contributed by atoms with Gasteiger partial charge in [-0.1, -0.05) is 0 Å². The van der Waals surface area contributed by atoms with Gasteiger partial charge in [-0.3, -0.25) is 14.2 Å². The molecule has 0 spiro atoms. The fourth-order valence-corrected chi connectivity index (χ4v) is 3.29. The summed E-state index contributed by atoms with van der Waals surface area (Å²) >= 11 is 1.27. The van der Waals surface area contributed by atoms with Crippen LogP contribution in [0, 0.1) is 5.82 Å². The number of hydrogen-bond donors (Lipinski definition) is 1. The first-order valence-electron chi connectivity index (χ1n) is 7.89. The number of nitrogens with one attached hydrogen (secondary N) is 1. The zero-order chi connectivity index (χ0) is 19.0. The fourth-order valence-electron chi connectivity index (χ4n) is 2.55. The van der Waals surface area contributed by atoms with Crippen molar-refractivity contribution >= 4 is 33.7 Å². The predicted molar refractivity (Wildman–Crippen MR) is 98.9 cm³/mol. The number of carbonyl (C=O) groups excluding carboxylic acids is 1. The first-order chi connectivity index (χ1) is 13.0. The van der Waals surface area contributed by atoms with Crippen LogP contribution >= 0.6 is 11.3 Å². The summed E-state index contributed by atoms with van der Waals surface area (Å²) in [4.78, 5) is 36.4. The number of rotatable bonds is 4. The average Bonchev–Trinajstić information content (AvgIpc) is 3.26. The Morgan fingerprint density at radius 3 is 2.78 bits per heavy atom. The number of imidazole rings is 1. The summed E-state index contributed by atoms with van der Waals surface area (Å²) in [5.41, 5.74) is 1.99. The molecule has 0 aliphatic heterocycles. The Morgan fingerprint density at radius 2 is 2.00 bits per heavy atom. The molecule has 8 nitrogen and oxygen atoms in total. The van der Waals surface area contributed by atoms with Crippen molar-refractivity contribution < 1.29 is 9.18 Å². The van der Waals surface area contributed by atoms with Crippen LogP contribution in [-0.2, 0) is 18.4 Å². The molecule has 27 heavy (non-hydrogen) atoms. The summed E-state index contributed by atoms with van der Waals surface area (Å²) in [6, 6.07) is 5.97. The summed E-state index contributed by atoms with van der Waals surface area (Å²) in [7, 11) is 1.59. The molecule has 136 valence electrons. The number of thiazole rings is 1. The second-order valence-corrected chi connectivity index (χ2v) is 6.63. The second kappa shape index (κ2) is 6.72. The number of aromatic nitrogens is 5. The molecular weight excluding hydrogens is 371 g/mol. The molecule has 0 fully saturated rings. The van der Waals surface area contributed by atoms with Crippen LogP contribution in [0.1, 0.15) is 0 Å². The van der Waals surface area contributed by atoms with Crippen molar-refractivity contribution in [3.05, 3.63) is 58.3 Å². The lowest BCUT2D eigenvalue weighted by molar-refractivity contribution is -0.116. The van der Waals surface area contributed by atoms with Gasteiger partial charge < -0.3 is 9.88 Å². The fraction of sp³-hybridized carbons (Fsp3) is 0.118. The summed E-state index contributed by atoms with van der Waals surface area (Å²) in [5.74, 6) is -0.619. The van der Waals surface area contributed by atoms with Gasteiger partial charge in [-0.25, -0.2) is 19.3 Å². The van der Waals surface area contributed by atoms with Gasteiger partial charge in [-0.05, 0) is 24.3 Å². The van der Waals surface area contributed by atoms with Gasteiger partial charge in [0, 0.05) is 18.0 Å². The summed E-state index contributed by atoms with van der Waals surface area (Å²) in [5, 5.41) is 4.94. The van der Waals surface area contributed by atoms with E-state index in [2.05, 4.69) is 20.3 Å². The van der Waals surface area contributed by atoms with Crippen molar-refractivity contribution in [1.29, 1.82) is 0 Å². The summed E-state index contributed by atoms with van der Waals surface area (Å²) in [6.07, 6.45) is 2.65. The molecule has 4 rings (SSSR count). The quantitative estimate of drug-likeness (QED) is 0.581. The predicted octanol–water partition coefficient (Wildman–Crippen LogP) is 2.03. The molecule has 1 aromatic carbocycles. The Hall–Kier alpha value is -3.40. The Kier molecular flexibility index (Phi) is 4.24. The van der Waals surface area contributed by atoms with Gasteiger partial charge in [-0.15, -0.1) is 11.3 Å². The highest BCUT2D eigenvalue weighted by Crippen LogP contribution is 2.25. The Morgan fingerprint density at radius 1 is 1.22 bits per heavy atom. The number of fused-ring (bicyclic) bond motifs is 1. The van der Waals surface area contributed by atoms with Crippen molar-refractivity contribution in [2.45, 2.75) is 6.54 Å². The van der Waals surface area contributed by atoms with Crippen molar-refractivity contribution in [1.82, 2.24) is 24.1 Å². The zero-order valence-corrected chi connectivity index (χ0v) is 14.9. The monoisotopic (exact) mass is 384 g/mol. The van der Waals surface area contributed by atoms with Crippen molar-refractivity contribution in [3.8, 4) is 11.3 Å². The molecule has 0 unspecified atom stereocenters. The maximum Gasteiger partial charge on any atom is 0.270 e. The molecule has 0 saturated heterocycles. The standard InChI is InChI=1S/C17H13FN6O2S/c1-23-14(26)6-19-16-15(23)20-9-24(16)7-13(25)22-17-21-12(8-27-17)10-2-4-11(18)5-3-10/h2-6,8-9H,7H2,1H3,(H,21,22,25). The molecule has 10 heteroatoms. The van der Waals surface area contributed by atoms with Gasteiger partial charge >= 0.3 is 0 Å². The van der Waals surface area contributed by atoms with Gasteiger partial charge in [-0.2, -0.15) is 0 Å². The van der Waals surface area contributed by atoms with E-state index in [9.17, 15) is 14.0 Å². The van der Waals surface area contributed by atoms with Crippen LogP contribution in [0.3, 0.4) is 0 Å². The SMILES string of the molecule is Cn1c(=O)cnc2c1ncn2CC(=O)Nc1nc(-c2ccc(F)cc2)cs1. The number of aryl methyl sites for hydroxylation is 1. The third kappa shape index (κ3) is 3.34. The molecular formula is C17H13FN6O2S. The van der Waals surface area contributed by atoms with Crippen LogP contribution < -0.4 is 10.9 Å². The molecule has 0 aliphatic rings. The summed E-state index contributed by atoms with van der Waals surface area (Å²) in [6.45, 7) is -0.0207. The van der Waals surface area contributed by atoms with E-state index < -0.39 is 0 Å². The van der Waals surface area contributed by atoms with Gasteiger partial charge in [0.05, 0.1) is 18.2 Å². The maximum absolute atomic E-state index is 13.0. The van der Waals surface area contributed by atoms with Crippen LogP contribution in [0.15, 0.2) is 47.0 Å². The molecule has 3 aromatic heterocycles. The van der Waals surface area contributed by atoms with Crippen LogP contribution in [0.2, 0.25) is 0 Å². The van der Waals surface area contributed by atoms with Crippen molar-refractivity contribution in [3.63, 3.8) is 0 Å². The highest BCUT2D eigenvalue weighted by molar-refractivity contribution is 7.14. The Labute approximate surface area is 156 Å². The van der Waals surface area contributed by atoms with Gasteiger partial charge in [0.1, 0.15) is 12.4 Å². The Balaban J connectivity index is 1.50. The molecule has 1 amide bonds. The topological polar surface area (TPSA) is 94.7 Å². The van der Waals surface area contributed by atoms with Gasteiger partial charge in [0.15, 0.2) is 16.4 Å². The van der Waals surface area contributed by atoms with E-state index in [1.807, 2.05) is 0 Å². The lowest BCUT2D eigenvalue weighted by Crippen LogP contribution is -2.20. The molecule has 1 N–H and O–H groups in total. The molecule has 0 bridgehead atoms. The second-order valence-electron chi connectivity index (χ2n) is 5.77. The number of nitrogens with zero attached hydrogens (tertiary/aromatic N) is 5. The molecule has 3 heterocycles. The average molecular weight is 384 g/mol. The zero-order valence-electron chi connectivity index (χ0n) is 14.1. The van der Waals surface area contributed by atoms with E-state index in [4.69, 9.17) is 0 Å². The number of amides is 1. The molecule has 4 aromatic rings. The van der Waals surface area contributed by atoms with Crippen LogP contribution in [-0.4, -0.2) is 30.0 Å². The minimum absolute atomic E-state index is 0.0207. The van der Waals surface area contributed by atoms with Gasteiger partial charge in [0.2, 0.25) is 5.91 Å². The highest BCUT2D eigenvalue weighted by Gasteiger charge is 2.13. The largest absolute Gasteiger partial charge is 0.304 e. The highest BCUT2D eigenvalue weighted by atomic mass is 32.1. The minimum atomic E-state index is -0.318. The summed E-state index contributed by atoms with van der Waals surface area (Å²) < 4.78 is 15.9. The number of hydrogen-bond acceptors (Lipinski definition) is 6. The van der Waals surface area contributed by atoms with Crippen LogP contribution in [0.4, 0.5) is 9.52 Å². The van der Waals surface area contributed by atoms with Crippen molar-refractivity contribution in [2.24, 2.45) is 7.05 Å². The third-order valence-corrected chi connectivity index (χ3v) is 4.70. The molecule has 0 aliphatic carbocycles. The van der Waals surface area contributed by atoms with E-state index >= 15 is 0 Å². The lowest BCUT2D eigenvalue weighted by atomic mass is 10.2. The van der Waals surface area contributed by atoms with Crippen LogP contribution in [0.5, 0.6) is 0 Å². The number of halogens is 1. The van der Waals surface area contributed by atoms with E-state index in [1.54, 1.807) is 29.1 Å². The molecule has 0 radical (unpaired) electrons. The first-order valence-corrected chi connectivity index (χ1v) is 8.77.